The standard InChI is InChI=1S/C14H13ClFNO3S/c1-9-2-4-11(7-13(9)16)21(19,20)17-14-6-10(8-18)3-5-12(14)15/h2-7,17-18H,8H2,1H3. The number of aliphatic hydroxyl groups is 1. The molecule has 2 aromatic rings. The number of hydrogen-bond donors (Lipinski definition) is 2. The van der Waals surface area contributed by atoms with Crippen molar-refractivity contribution >= 4 is 27.3 Å². The molecule has 0 saturated carbocycles. The topological polar surface area (TPSA) is 66.4 Å². The van der Waals surface area contributed by atoms with Crippen LogP contribution in [-0.2, 0) is 16.6 Å². The Bertz CT molecular complexity index is 778. The number of hydrogen-bond acceptors (Lipinski definition) is 3. The Hall–Kier alpha value is -1.63. The predicted molar refractivity (Wildman–Crippen MR) is 79.3 cm³/mol. The number of nitrogens with one attached hydrogen (secondary N) is 1. The highest BCUT2D eigenvalue weighted by Gasteiger charge is 2.17. The summed E-state index contributed by atoms with van der Waals surface area (Å²) in [6.07, 6.45) is 0. The lowest BCUT2D eigenvalue weighted by Crippen LogP contribution is -2.14. The van der Waals surface area contributed by atoms with Crippen molar-refractivity contribution < 1.29 is 17.9 Å². The zero-order chi connectivity index (χ0) is 15.6. The third-order valence-corrected chi connectivity index (χ3v) is 4.60. The first-order valence-corrected chi connectivity index (χ1v) is 7.88. The Labute approximate surface area is 127 Å². The van der Waals surface area contributed by atoms with Gasteiger partial charge in [0.15, 0.2) is 0 Å². The molecule has 0 atom stereocenters. The van der Waals surface area contributed by atoms with E-state index >= 15 is 0 Å². The van der Waals surface area contributed by atoms with Crippen LogP contribution in [0.5, 0.6) is 0 Å². The number of rotatable bonds is 4. The van der Waals surface area contributed by atoms with Crippen LogP contribution < -0.4 is 4.72 Å². The van der Waals surface area contributed by atoms with Crippen LogP contribution in [-0.4, -0.2) is 13.5 Å². The van der Waals surface area contributed by atoms with Gasteiger partial charge in [0.1, 0.15) is 5.82 Å². The number of aliphatic hydroxyl groups excluding tert-OH is 1. The molecule has 7 heteroatoms. The first kappa shape index (κ1) is 15.8. The maximum absolute atomic E-state index is 13.5. The molecule has 0 saturated heterocycles. The third kappa shape index (κ3) is 3.53. The Balaban J connectivity index is 2.39. The molecule has 2 aromatic carbocycles. The summed E-state index contributed by atoms with van der Waals surface area (Å²) in [7, 11) is -3.96. The van der Waals surface area contributed by atoms with Gasteiger partial charge in [-0.2, -0.15) is 0 Å². The monoisotopic (exact) mass is 329 g/mol. The minimum Gasteiger partial charge on any atom is -0.392 e. The molecule has 0 aliphatic heterocycles. The fourth-order valence-electron chi connectivity index (χ4n) is 1.69. The summed E-state index contributed by atoms with van der Waals surface area (Å²) < 4.78 is 40.2. The predicted octanol–water partition coefficient (Wildman–Crippen LogP) is 3.08. The van der Waals surface area contributed by atoms with E-state index in [2.05, 4.69) is 4.72 Å². The quantitative estimate of drug-likeness (QED) is 0.906. The molecule has 0 amide bonds. The van der Waals surface area contributed by atoms with Gasteiger partial charge in [0, 0.05) is 0 Å². The van der Waals surface area contributed by atoms with Crippen LogP contribution in [0.2, 0.25) is 5.02 Å². The second-order valence-corrected chi connectivity index (χ2v) is 6.58. The van der Waals surface area contributed by atoms with Crippen LogP contribution >= 0.6 is 11.6 Å². The van der Waals surface area contributed by atoms with Gasteiger partial charge in [-0.25, -0.2) is 12.8 Å². The van der Waals surface area contributed by atoms with E-state index in [9.17, 15) is 12.8 Å². The van der Waals surface area contributed by atoms with Gasteiger partial charge >= 0.3 is 0 Å². The molecule has 0 unspecified atom stereocenters. The number of sulfonamides is 1. The minimum atomic E-state index is -3.96. The molecular weight excluding hydrogens is 317 g/mol. The SMILES string of the molecule is Cc1ccc(S(=O)(=O)Nc2cc(CO)ccc2Cl)cc1F. The van der Waals surface area contributed by atoms with Gasteiger partial charge in [-0.05, 0) is 42.3 Å². The Morgan fingerprint density at radius 1 is 1.24 bits per heavy atom. The summed E-state index contributed by atoms with van der Waals surface area (Å²) in [5.41, 5.74) is 0.991. The molecule has 2 rings (SSSR count). The molecule has 0 fully saturated rings. The van der Waals surface area contributed by atoms with Crippen LogP contribution in [0.4, 0.5) is 10.1 Å². The van der Waals surface area contributed by atoms with Gasteiger partial charge in [0.05, 0.1) is 22.2 Å². The van der Waals surface area contributed by atoms with Crippen molar-refractivity contribution in [2.75, 3.05) is 4.72 Å². The van der Waals surface area contributed by atoms with Crippen LogP contribution in [0.1, 0.15) is 11.1 Å². The van der Waals surface area contributed by atoms with Crippen LogP contribution in [0.15, 0.2) is 41.3 Å². The molecule has 112 valence electrons. The van der Waals surface area contributed by atoms with Gasteiger partial charge in [-0.15, -0.1) is 0 Å². The maximum atomic E-state index is 13.5. The van der Waals surface area contributed by atoms with E-state index in [-0.39, 0.29) is 22.2 Å². The zero-order valence-corrected chi connectivity index (χ0v) is 12.7. The number of benzene rings is 2. The molecular formula is C14H13ClFNO3S. The zero-order valence-electron chi connectivity index (χ0n) is 11.1. The Morgan fingerprint density at radius 2 is 1.95 bits per heavy atom. The molecule has 0 aromatic heterocycles. The average molecular weight is 330 g/mol. The van der Waals surface area contributed by atoms with Crippen molar-refractivity contribution in [3.8, 4) is 0 Å². The lowest BCUT2D eigenvalue weighted by atomic mass is 10.2. The van der Waals surface area contributed by atoms with Crippen molar-refractivity contribution in [3.05, 3.63) is 58.4 Å². The van der Waals surface area contributed by atoms with E-state index in [1.165, 1.54) is 24.3 Å². The van der Waals surface area contributed by atoms with Gasteiger partial charge in [0.2, 0.25) is 0 Å². The second-order valence-electron chi connectivity index (χ2n) is 4.49. The summed E-state index contributed by atoms with van der Waals surface area (Å²) in [5.74, 6) is -0.604. The normalized spacial score (nSPS) is 11.4. The lowest BCUT2D eigenvalue weighted by molar-refractivity contribution is 0.282. The summed E-state index contributed by atoms with van der Waals surface area (Å²) in [6.45, 7) is 1.30. The summed E-state index contributed by atoms with van der Waals surface area (Å²) in [6, 6.07) is 8.11. The largest absolute Gasteiger partial charge is 0.392 e. The number of aryl methyl sites for hydroxylation is 1. The molecule has 0 aliphatic carbocycles. The van der Waals surface area contributed by atoms with E-state index < -0.39 is 15.8 Å². The molecule has 0 bridgehead atoms. The lowest BCUT2D eigenvalue weighted by Gasteiger charge is -2.11. The van der Waals surface area contributed by atoms with Gasteiger partial charge < -0.3 is 5.11 Å². The van der Waals surface area contributed by atoms with E-state index in [1.54, 1.807) is 13.0 Å². The smallest absolute Gasteiger partial charge is 0.262 e. The number of halogens is 2. The molecule has 0 radical (unpaired) electrons. The van der Waals surface area contributed by atoms with Crippen molar-refractivity contribution in [2.24, 2.45) is 0 Å². The highest BCUT2D eigenvalue weighted by atomic mass is 35.5. The molecule has 0 spiro atoms. The highest BCUT2D eigenvalue weighted by Crippen LogP contribution is 2.26. The molecule has 21 heavy (non-hydrogen) atoms. The van der Waals surface area contributed by atoms with Crippen LogP contribution in [0, 0.1) is 12.7 Å². The summed E-state index contributed by atoms with van der Waals surface area (Å²) in [5, 5.41) is 9.25. The summed E-state index contributed by atoms with van der Waals surface area (Å²) in [4.78, 5) is -0.198. The van der Waals surface area contributed by atoms with Crippen LogP contribution in [0.25, 0.3) is 0 Å². The fourth-order valence-corrected chi connectivity index (χ4v) is 3.00. The Kier molecular flexibility index (Phi) is 4.51. The highest BCUT2D eigenvalue weighted by molar-refractivity contribution is 7.92. The van der Waals surface area contributed by atoms with E-state index in [1.807, 2.05) is 0 Å². The first-order valence-electron chi connectivity index (χ1n) is 6.02. The van der Waals surface area contributed by atoms with Crippen molar-refractivity contribution in [2.45, 2.75) is 18.4 Å². The average Bonchev–Trinajstić information content (AvgIpc) is 2.44. The van der Waals surface area contributed by atoms with E-state index in [0.29, 0.717) is 11.1 Å². The third-order valence-electron chi connectivity index (χ3n) is 2.91. The molecule has 0 heterocycles. The van der Waals surface area contributed by atoms with Gasteiger partial charge in [-0.1, -0.05) is 23.7 Å². The molecule has 0 aliphatic rings. The maximum Gasteiger partial charge on any atom is 0.262 e. The number of anilines is 1. The molecule has 4 nitrogen and oxygen atoms in total. The van der Waals surface area contributed by atoms with Crippen molar-refractivity contribution in [1.29, 1.82) is 0 Å². The van der Waals surface area contributed by atoms with Crippen molar-refractivity contribution in [3.63, 3.8) is 0 Å². The van der Waals surface area contributed by atoms with Gasteiger partial charge in [0.25, 0.3) is 10.0 Å². The van der Waals surface area contributed by atoms with E-state index in [0.717, 1.165) is 6.07 Å². The fraction of sp³-hybridized carbons (Fsp3) is 0.143. The molecule has 2 N–H and O–H groups in total. The van der Waals surface area contributed by atoms with Crippen molar-refractivity contribution in [1.82, 2.24) is 0 Å². The van der Waals surface area contributed by atoms with Gasteiger partial charge in [-0.3, -0.25) is 4.72 Å². The van der Waals surface area contributed by atoms with Crippen LogP contribution in [0.3, 0.4) is 0 Å². The van der Waals surface area contributed by atoms with E-state index in [4.69, 9.17) is 16.7 Å². The summed E-state index contributed by atoms with van der Waals surface area (Å²) >= 11 is 5.92. The minimum absolute atomic E-state index is 0.129. The Morgan fingerprint density at radius 3 is 2.57 bits per heavy atom. The second kappa shape index (κ2) is 6.01. The first-order chi connectivity index (χ1) is 9.83.